The van der Waals surface area contributed by atoms with Gasteiger partial charge in [-0.05, 0) is 122 Å². The van der Waals surface area contributed by atoms with Crippen molar-refractivity contribution >= 4 is 33.6 Å². The van der Waals surface area contributed by atoms with Crippen molar-refractivity contribution < 1.29 is 39.1 Å². The van der Waals surface area contributed by atoms with E-state index in [-0.39, 0.29) is 67.4 Å². The van der Waals surface area contributed by atoms with Gasteiger partial charge in [0.2, 0.25) is 0 Å². The van der Waals surface area contributed by atoms with E-state index in [0.29, 0.717) is 54.3 Å². The first-order chi connectivity index (χ1) is 34.6. The van der Waals surface area contributed by atoms with Crippen LogP contribution in [0.2, 0.25) is 0 Å². The monoisotopic (exact) mass is 1000 g/mol. The first-order valence-electron chi connectivity index (χ1n) is 26.0. The van der Waals surface area contributed by atoms with Crippen LogP contribution >= 0.6 is 21.6 Å². The molecule has 8 N–H and O–H groups in total. The van der Waals surface area contributed by atoms with Crippen molar-refractivity contribution in [2.75, 3.05) is 38.4 Å². The van der Waals surface area contributed by atoms with E-state index in [4.69, 9.17) is 24.7 Å². The van der Waals surface area contributed by atoms with Crippen LogP contribution in [0.3, 0.4) is 0 Å². The maximum absolute atomic E-state index is 12.9. The van der Waals surface area contributed by atoms with Gasteiger partial charge in [0.15, 0.2) is 11.5 Å². The predicted octanol–water partition coefficient (Wildman–Crippen LogP) is 8.73. The van der Waals surface area contributed by atoms with Gasteiger partial charge in [-0.15, -0.1) is 0 Å². The Morgan fingerprint density at radius 2 is 1.97 bits per heavy atom. The number of carbonyl (C=O) groups is 1. The minimum Gasteiger partial charge on any atom is -0.508 e. The number of rotatable bonds is 9. The number of aliphatic hydroxyl groups is 1. The Morgan fingerprint density at radius 1 is 1.10 bits per heavy atom. The number of hydrogen-bond acceptors (Lipinski definition) is 14. The number of aromatic hydroxyl groups is 2. The lowest BCUT2D eigenvalue weighted by atomic mass is 9.65. The molecule has 6 bridgehead atoms. The lowest BCUT2D eigenvalue weighted by Crippen LogP contribution is -2.49. The molecule has 3 aliphatic carbocycles. The number of fused-ring (bicyclic) bond motifs is 11. The lowest BCUT2D eigenvalue weighted by Gasteiger charge is -2.39. The number of ether oxygens (including phenoxy) is 4. The summed E-state index contributed by atoms with van der Waals surface area (Å²) in [6, 6.07) is 8.18. The third kappa shape index (κ3) is 9.11. The second-order valence-electron chi connectivity index (χ2n) is 21.1. The fourth-order valence-electron chi connectivity index (χ4n) is 13.4. The molecule has 71 heavy (non-hydrogen) atoms. The fourth-order valence-corrected chi connectivity index (χ4v) is 16.0. The number of methoxy groups -OCH3 is 1. The molecule has 12 nitrogen and oxygen atoms in total. The van der Waals surface area contributed by atoms with Crippen LogP contribution in [-0.4, -0.2) is 84.0 Å². The molecular weight excluding hydrogens is 933 g/mol. The zero-order valence-corrected chi connectivity index (χ0v) is 42.8. The summed E-state index contributed by atoms with van der Waals surface area (Å²) in [5, 5.41) is 45.0. The number of carbonyl (C=O) groups excluding carboxylic acids is 1. The van der Waals surface area contributed by atoms with Crippen LogP contribution in [0.15, 0.2) is 53.3 Å². The molecule has 376 valence electrons. The summed E-state index contributed by atoms with van der Waals surface area (Å²) in [4.78, 5) is 12.9. The Balaban J connectivity index is 1.17. The molecule has 2 saturated carbocycles. The molecule has 3 fully saturated rings. The number of benzene rings is 3. The van der Waals surface area contributed by atoms with Gasteiger partial charge in [-0.25, -0.2) is 0 Å². The number of allylic oxidation sites excluding steroid dienone is 3. The maximum Gasteiger partial charge on any atom is 0.302 e. The van der Waals surface area contributed by atoms with Crippen molar-refractivity contribution in [3.63, 3.8) is 0 Å². The zero-order chi connectivity index (χ0) is 49.0. The van der Waals surface area contributed by atoms with E-state index in [1.807, 2.05) is 27.7 Å². The van der Waals surface area contributed by atoms with Crippen molar-refractivity contribution in [3.05, 3.63) is 92.2 Å². The Bertz CT molecular complexity index is 2760. The van der Waals surface area contributed by atoms with Gasteiger partial charge in [-0.1, -0.05) is 71.2 Å². The van der Waals surface area contributed by atoms with Gasteiger partial charge in [0.25, 0.3) is 0 Å². The lowest BCUT2D eigenvalue weighted by molar-refractivity contribution is -0.141. The highest BCUT2D eigenvalue weighted by molar-refractivity contribution is 8.76. The van der Waals surface area contributed by atoms with E-state index < -0.39 is 12.0 Å². The molecule has 0 aromatic heterocycles. The van der Waals surface area contributed by atoms with Crippen molar-refractivity contribution in [2.24, 2.45) is 17.6 Å². The Morgan fingerprint density at radius 3 is 2.80 bits per heavy atom. The molecule has 0 radical (unpaired) electrons. The smallest absolute Gasteiger partial charge is 0.302 e. The highest BCUT2D eigenvalue weighted by Crippen LogP contribution is 2.63. The third-order valence-corrected chi connectivity index (χ3v) is 19.2. The van der Waals surface area contributed by atoms with Crippen molar-refractivity contribution in [2.45, 2.75) is 139 Å². The van der Waals surface area contributed by atoms with E-state index in [2.05, 4.69) is 65.1 Å². The number of phenolic OH excluding ortho intramolecular Hbond substituents is 2. The normalized spacial score (nSPS) is 29.0. The fraction of sp³-hybridized carbons (Fsp3) is 0.526. The van der Waals surface area contributed by atoms with E-state index in [9.17, 15) is 20.1 Å². The van der Waals surface area contributed by atoms with E-state index >= 15 is 0 Å². The topological polar surface area (TPSA) is 177 Å². The van der Waals surface area contributed by atoms with Crippen LogP contribution in [0.1, 0.15) is 129 Å². The molecule has 3 aromatic rings. The molecule has 9 unspecified atom stereocenters. The SMILES string of the molecule is CCC1=CC2=C(C#CCc3c(CNCCCO)c(O)c4c(c3C3Oc5c(ccc6c5C5(CCC(C2)C5)Cc2cc(O)cc(OC)c2-6)C3COC(C)=O)C=CC2NC3CCCC(CSSCC2O4)C3)NC1N. The molecule has 5 heterocycles. The second-order valence-corrected chi connectivity index (χ2v) is 23.7. The third-order valence-electron chi connectivity index (χ3n) is 16.7. The Kier molecular flexibility index (Phi) is 13.9. The summed E-state index contributed by atoms with van der Waals surface area (Å²) < 4.78 is 27.1. The number of hydrogen-bond donors (Lipinski definition) is 7. The number of dihydropyridines is 1. The number of nitrogens with two attached hydrogens (primary N) is 1. The van der Waals surface area contributed by atoms with Gasteiger partial charge in [-0.2, -0.15) is 0 Å². The second kappa shape index (κ2) is 20.3. The quantitative estimate of drug-likeness (QED) is 0.0469. The average molecular weight is 1000 g/mol. The summed E-state index contributed by atoms with van der Waals surface area (Å²) >= 11 is 0. The highest BCUT2D eigenvalue weighted by atomic mass is 33.1. The molecule has 5 aliphatic heterocycles. The van der Waals surface area contributed by atoms with Gasteiger partial charge >= 0.3 is 5.97 Å². The minimum absolute atomic E-state index is 0.0328. The first kappa shape index (κ1) is 48.5. The zero-order valence-electron chi connectivity index (χ0n) is 41.2. The van der Waals surface area contributed by atoms with Crippen molar-refractivity contribution in [3.8, 4) is 51.7 Å². The molecule has 3 aromatic carbocycles. The molecule has 9 atom stereocenters. The van der Waals surface area contributed by atoms with Gasteiger partial charge < -0.3 is 56.0 Å². The predicted molar refractivity (Wildman–Crippen MR) is 281 cm³/mol. The number of phenols is 2. The Hall–Kier alpha value is -4.75. The highest BCUT2D eigenvalue weighted by Gasteiger charge is 2.52. The minimum atomic E-state index is -0.686. The van der Waals surface area contributed by atoms with E-state index in [0.717, 1.165) is 124 Å². The van der Waals surface area contributed by atoms with E-state index in [1.165, 1.54) is 19.8 Å². The maximum atomic E-state index is 12.9. The Labute approximate surface area is 425 Å². The number of esters is 1. The average Bonchev–Trinajstić information content (AvgIpc) is 3.87. The van der Waals surface area contributed by atoms with Crippen LogP contribution in [0, 0.1) is 23.7 Å². The van der Waals surface area contributed by atoms with Crippen LogP contribution in [-0.2, 0) is 34.3 Å². The summed E-state index contributed by atoms with van der Waals surface area (Å²) in [5.41, 5.74) is 17.7. The van der Waals surface area contributed by atoms with Gasteiger partial charge in [0, 0.05) is 88.9 Å². The number of aliphatic hydroxyl groups excluding tert-OH is 1. The van der Waals surface area contributed by atoms with Gasteiger partial charge in [-0.3, -0.25) is 4.79 Å². The largest absolute Gasteiger partial charge is 0.508 e. The van der Waals surface area contributed by atoms with Crippen molar-refractivity contribution in [1.29, 1.82) is 0 Å². The molecule has 1 saturated heterocycles. The van der Waals surface area contributed by atoms with Crippen LogP contribution < -0.4 is 35.9 Å². The van der Waals surface area contributed by atoms with Gasteiger partial charge in [0.05, 0.1) is 30.9 Å². The summed E-state index contributed by atoms with van der Waals surface area (Å²) in [7, 11) is 5.43. The molecular formula is C57H68N4O8S2. The molecule has 8 aliphatic rings. The van der Waals surface area contributed by atoms with Crippen LogP contribution in [0.25, 0.3) is 17.2 Å². The summed E-state index contributed by atoms with van der Waals surface area (Å²) in [6.07, 6.45) is 15.9. The van der Waals surface area contributed by atoms with Crippen molar-refractivity contribution in [1.82, 2.24) is 16.0 Å². The first-order valence-corrected chi connectivity index (χ1v) is 28.4. The number of nitrogens with one attached hydrogen (secondary N) is 3. The van der Waals surface area contributed by atoms with Crippen LogP contribution in [0.4, 0.5) is 0 Å². The standard InChI is InChI=1S/C57H68N4O8S2/c1-4-34-22-35-20-32-16-17-57(25-32)26-36-23-38(64)24-47(66-3)49(36)41-13-12-40-44(28-67-31(2)63)53(69-54(40)51(41)57)50-39(10-6-11-45(35)61-56(34)58)43(27-59-18-7-19-62)52(65)55-42(50)14-15-46-48(68-55)30-71-70-29-33-8-5-9-37(21-33)60-46/h12-15,22-24,32-33,37,44,46,48,53,56,59-62,64-65H,4-5,7-10,16-21,25-30,58H2,1-3H3. The summed E-state index contributed by atoms with van der Waals surface area (Å²) in [5.74, 6) is 11.3. The summed E-state index contributed by atoms with van der Waals surface area (Å²) in [6.45, 7) is 4.51. The molecule has 1 spiro atoms. The molecule has 11 rings (SSSR count). The van der Waals surface area contributed by atoms with Gasteiger partial charge in [0.1, 0.15) is 36.1 Å². The van der Waals surface area contributed by atoms with E-state index in [1.54, 1.807) is 13.2 Å². The molecule has 0 amide bonds. The van der Waals surface area contributed by atoms with Crippen LogP contribution in [0.5, 0.6) is 28.7 Å². The molecule has 14 heteroatoms.